The van der Waals surface area contributed by atoms with Crippen molar-refractivity contribution in [3.63, 3.8) is 0 Å². The van der Waals surface area contributed by atoms with E-state index in [4.69, 9.17) is 4.74 Å². The van der Waals surface area contributed by atoms with Gasteiger partial charge in [-0.1, -0.05) is 28.1 Å². The van der Waals surface area contributed by atoms with Crippen molar-refractivity contribution in [1.82, 2.24) is 9.80 Å². The summed E-state index contributed by atoms with van der Waals surface area (Å²) in [7, 11) is 1.70. The number of likely N-dealkylation sites (N-methyl/N-ethyl adjacent to an activating group) is 1. The van der Waals surface area contributed by atoms with E-state index >= 15 is 0 Å². The molecular weight excluding hydrogens is 600 g/mol. The van der Waals surface area contributed by atoms with Crippen molar-refractivity contribution in [3.8, 4) is 0 Å². The molecule has 10 heteroatoms. The minimum Gasteiger partial charge on any atom is -0.396 e. The molecule has 1 aromatic rings. The first-order chi connectivity index (χ1) is 20.2. The highest BCUT2D eigenvalue weighted by molar-refractivity contribution is 9.09. The number of nitrogens with zero attached hydrogens (tertiary/aromatic N) is 4. The molecule has 3 aliphatic rings. The molecule has 1 spiro atoms. The van der Waals surface area contributed by atoms with Gasteiger partial charge in [0, 0.05) is 62.6 Å². The third-order valence-electron chi connectivity index (χ3n) is 9.01. The van der Waals surface area contributed by atoms with Crippen LogP contribution >= 0.6 is 15.9 Å². The van der Waals surface area contributed by atoms with Crippen LogP contribution in [0.25, 0.3) is 0 Å². The molecule has 2 bridgehead atoms. The Morgan fingerprint density at radius 3 is 2.31 bits per heavy atom. The fourth-order valence-corrected chi connectivity index (χ4v) is 8.01. The highest BCUT2D eigenvalue weighted by Crippen LogP contribution is 2.60. The van der Waals surface area contributed by atoms with Gasteiger partial charge >= 0.3 is 0 Å². The van der Waals surface area contributed by atoms with Gasteiger partial charge in [0.05, 0.1) is 17.9 Å². The standard InChI is InChI=1S/C32H45BrN4O5/c1-6-17-34(5)29(39)25-26-30(40)37(19-11-10-12-20-38)28(32(26)21-24(33)27(25)42-32)31(41)36(18-7-2)23-15-13-22(14-16-23)35(8-3)9-4/h6-7,13-16,24-28,38H,1-2,8-12,17-21H2,3-5H3/t24?,25-,26+,27-,28?,32?/m1/s1. The van der Waals surface area contributed by atoms with Crippen LogP contribution in [0, 0.1) is 11.8 Å². The molecule has 1 aromatic carbocycles. The maximum atomic E-state index is 14.7. The van der Waals surface area contributed by atoms with Gasteiger partial charge in [-0.2, -0.15) is 0 Å². The number of anilines is 2. The molecule has 0 aromatic heterocycles. The number of amides is 3. The quantitative estimate of drug-likeness (QED) is 0.178. The highest BCUT2D eigenvalue weighted by Gasteiger charge is 2.76. The first kappa shape index (κ1) is 32.2. The Bertz CT molecular complexity index is 1160. The average molecular weight is 646 g/mol. The van der Waals surface area contributed by atoms with Crippen LogP contribution in [-0.4, -0.2) is 102 Å². The number of rotatable bonds is 15. The second kappa shape index (κ2) is 13.7. The van der Waals surface area contributed by atoms with Gasteiger partial charge < -0.3 is 29.4 Å². The van der Waals surface area contributed by atoms with Crippen LogP contribution in [0.1, 0.15) is 39.5 Å². The van der Waals surface area contributed by atoms with Gasteiger partial charge in [-0.05, 0) is 63.8 Å². The maximum absolute atomic E-state index is 14.7. The molecule has 6 atom stereocenters. The molecule has 230 valence electrons. The van der Waals surface area contributed by atoms with E-state index in [2.05, 4.69) is 47.8 Å². The summed E-state index contributed by atoms with van der Waals surface area (Å²) in [4.78, 5) is 49.6. The van der Waals surface area contributed by atoms with Crippen LogP contribution in [0.4, 0.5) is 11.4 Å². The first-order valence-corrected chi connectivity index (χ1v) is 16.0. The Hall–Kier alpha value is -2.69. The first-order valence-electron chi connectivity index (χ1n) is 15.1. The summed E-state index contributed by atoms with van der Waals surface area (Å²) in [5.41, 5.74) is 0.657. The van der Waals surface area contributed by atoms with E-state index in [0.717, 1.165) is 25.2 Å². The van der Waals surface area contributed by atoms with Crippen LogP contribution in [0.2, 0.25) is 0 Å². The zero-order chi connectivity index (χ0) is 30.6. The Morgan fingerprint density at radius 2 is 1.71 bits per heavy atom. The number of fused-ring (bicyclic) bond motifs is 1. The van der Waals surface area contributed by atoms with Gasteiger partial charge in [0.1, 0.15) is 11.6 Å². The van der Waals surface area contributed by atoms with Gasteiger partial charge in [-0.25, -0.2) is 0 Å². The van der Waals surface area contributed by atoms with Crippen molar-refractivity contribution in [2.45, 2.75) is 62.1 Å². The van der Waals surface area contributed by atoms with Crippen molar-refractivity contribution in [3.05, 3.63) is 49.6 Å². The van der Waals surface area contributed by atoms with E-state index in [1.54, 1.807) is 33.9 Å². The van der Waals surface area contributed by atoms with Crippen LogP contribution in [0.3, 0.4) is 0 Å². The summed E-state index contributed by atoms with van der Waals surface area (Å²) < 4.78 is 6.66. The molecule has 3 unspecified atom stereocenters. The number of unbranched alkanes of at least 4 members (excludes halogenated alkanes) is 2. The number of ether oxygens (including phenoxy) is 1. The van der Waals surface area contributed by atoms with Crippen LogP contribution in [0.5, 0.6) is 0 Å². The third-order valence-corrected chi connectivity index (χ3v) is 9.86. The molecule has 3 heterocycles. The minimum atomic E-state index is -1.13. The Labute approximate surface area is 258 Å². The van der Waals surface area contributed by atoms with Crippen molar-refractivity contribution in [2.24, 2.45) is 11.8 Å². The number of benzene rings is 1. The van der Waals surface area contributed by atoms with E-state index in [1.807, 2.05) is 24.3 Å². The molecule has 0 aliphatic carbocycles. The largest absolute Gasteiger partial charge is 0.396 e. The van der Waals surface area contributed by atoms with Crippen molar-refractivity contribution >= 4 is 45.0 Å². The summed E-state index contributed by atoms with van der Waals surface area (Å²) in [5.74, 6) is -2.07. The van der Waals surface area contributed by atoms with Gasteiger partial charge in [-0.15, -0.1) is 13.2 Å². The molecule has 3 aliphatic heterocycles. The lowest BCUT2D eigenvalue weighted by atomic mass is 9.70. The lowest BCUT2D eigenvalue weighted by Gasteiger charge is -2.37. The average Bonchev–Trinajstić information content (AvgIpc) is 3.57. The number of halogens is 1. The molecule has 0 saturated carbocycles. The van der Waals surface area contributed by atoms with E-state index in [1.165, 1.54) is 0 Å². The molecule has 3 fully saturated rings. The smallest absolute Gasteiger partial charge is 0.253 e. The van der Waals surface area contributed by atoms with E-state index in [-0.39, 0.29) is 35.7 Å². The molecule has 9 nitrogen and oxygen atoms in total. The number of hydrogen-bond acceptors (Lipinski definition) is 6. The minimum absolute atomic E-state index is 0.0712. The maximum Gasteiger partial charge on any atom is 0.253 e. The van der Waals surface area contributed by atoms with Crippen molar-refractivity contribution in [2.75, 3.05) is 56.2 Å². The summed E-state index contributed by atoms with van der Waals surface area (Å²) in [6, 6.07) is 7.00. The Balaban J connectivity index is 1.74. The monoisotopic (exact) mass is 644 g/mol. The predicted octanol–water partition coefficient (Wildman–Crippen LogP) is 3.61. The lowest BCUT2D eigenvalue weighted by molar-refractivity contribution is -0.144. The normalized spacial score (nSPS) is 27.6. The number of aliphatic hydroxyl groups excluding tert-OH is 1. The Kier molecular flexibility index (Phi) is 10.5. The number of alkyl halides is 1. The predicted molar refractivity (Wildman–Crippen MR) is 169 cm³/mol. The topological polar surface area (TPSA) is 93.6 Å². The zero-order valence-corrected chi connectivity index (χ0v) is 26.7. The fourth-order valence-electron chi connectivity index (χ4n) is 7.07. The van der Waals surface area contributed by atoms with Gasteiger partial charge in [0.15, 0.2) is 0 Å². The number of carbonyl (C=O) groups is 3. The van der Waals surface area contributed by atoms with Crippen molar-refractivity contribution < 1.29 is 24.2 Å². The number of aliphatic hydroxyl groups is 1. The summed E-state index contributed by atoms with van der Waals surface area (Å²) in [6.07, 6.45) is 5.26. The SMILES string of the molecule is C=CCN(C)C(=O)[C@H]1[C@@H]2OC3(CC2Br)C(C(=O)N(CC=C)c2ccc(N(CC)CC)cc2)N(CCCCCO)C(=O)[C@H]13. The van der Waals surface area contributed by atoms with Crippen LogP contribution in [-0.2, 0) is 19.1 Å². The molecule has 3 saturated heterocycles. The highest BCUT2D eigenvalue weighted by atomic mass is 79.9. The molecule has 1 N–H and O–H groups in total. The van der Waals surface area contributed by atoms with Gasteiger partial charge in [-0.3, -0.25) is 14.4 Å². The van der Waals surface area contributed by atoms with Crippen LogP contribution < -0.4 is 9.80 Å². The Morgan fingerprint density at radius 1 is 1.07 bits per heavy atom. The fraction of sp³-hybridized carbons (Fsp3) is 0.594. The summed E-state index contributed by atoms with van der Waals surface area (Å²) in [6.45, 7) is 14.6. The second-order valence-corrected chi connectivity index (χ2v) is 12.6. The molecule has 4 rings (SSSR count). The molecule has 3 amide bonds. The van der Waals surface area contributed by atoms with E-state index in [0.29, 0.717) is 38.0 Å². The van der Waals surface area contributed by atoms with Crippen molar-refractivity contribution in [1.29, 1.82) is 0 Å². The van der Waals surface area contributed by atoms with E-state index < -0.39 is 29.6 Å². The molecule has 42 heavy (non-hydrogen) atoms. The molecular formula is C32H45BrN4O5. The van der Waals surface area contributed by atoms with Gasteiger partial charge in [0.2, 0.25) is 11.8 Å². The number of carbonyl (C=O) groups excluding carboxylic acids is 3. The summed E-state index contributed by atoms with van der Waals surface area (Å²) in [5, 5.41) is 9.30. The lowest BCUT2D eigenvalue weighted by Crippen LogP contribution is -2.57. The summed E-state index contributed by atoms with van der Waals surface area (Å²) >= 11 is 3.74. The second-order valence-electron chi connectivity index (χ2n) is 11.4. The number of likely N-dealkylation sites (tertiary alicyclic amines) is 1. The number of hydrogen-bond donors (Lipinski definition) is 1. The van der Waals surface area contributed by atoms with Gasteiger partial charge in [0.25, 0.3) is 5.91 Å². The molecule has 0 radical (unpaired) electrons. The zero-order valence-electron chi connectivity index (χ0n) is 25.1. The third kappa shape index (κ3) is 5.65. The van der Waals surface area contributed by atoms with Crippen LogP contribution in [0.15, 0.2) is 49.6 Å². The van der Waals surface area contributed by atoms with E-state index in [9.17, 15) is 19.5 Å².